The van der Waals surface area contributed by atoms with Crippen LogP contribution in [0.1, 0.15) is 22.3 Å². The highest BCUT2D eigenvalue weighted by molar-refractivity contribution is 6.30. The third-order valence-electron chi connectivity index (χ3n) is 5.15. The maximum Gasteiger partial charge on any atom is 0.259 e. The number of pyridine rings is 1. The number of ether oxygens (including phenoxy) is 1. The number of rotatable bonds is 5. The molecule has 0 aliphatic carbocycles. The minimum atomic E-state index is -0.0395. The van der Waals surface area contributed by atoms with E-state index >= 15 is 0 Å². The largest absolute Gasteiger partial charge is 0.438 e. The van der Waals surface area contributed by atoms with Gasteiger partial charge in [-0.15, -0.1) is 0 Å². The Morgan fingerprint density at radius 3 is 2.53 bits per heavy atom. The van der Waals surface area contributed by atoms with Gasteiger partial charge in [-0.2, -0.15) is 0 Å². The van der Waals surface area contributed by atoms with E-state index in [4.69, 9.17) is 16.3 Å². The molecule has 1 aromatic heterocycles. The lowest BCUT2D eigenvalue weighted by atomic mass is 10.2. The molecule has 0 radical (unpaired) electrons. The Kier molecular flexibility index (Phi) is 6.62. The van der Waals surface area contributed by atoms with Crippen molar-refractivity contribution in [3.05, 3.63) is 89.1 Å². The Balaban J connectivity index is 1.42. The lowest BCUT2D eigenvalue weighted by Crippen LogP contribution is -2.35. The van der Waals surface area contributed by atoms with Gasteiger partial charge in [-0.05, 0) is 48.4 Å². The van der Waals surface area contributed by atoms with Gasteiger partial charge in [0.15, 0.2) is 0 Å². The van der Waals surface area contributed by atoms with Crippen LogP contribution in [0, 0.1) is 0 Å². The zero-order valence-electron chi connectivity index (χ0n) is 16.7. The Bertz CT molecular complexity index is 979. The maximum absolute atomic E-state index is 13.2. The van der Waals surface area contributed by atoms with Gasteiger partial charge in [0.25, 0.3) is 5.91 Å². The van der Waals surface area contributed by atoms with E-state index in [0.717, 1.165) is 37.6 Å². The van der Waals surface area contributed by atoms with E-state index in [-0.39, 0.29) is 5.91 Å². The van der Waals surface area contributed by atoms with Crippen molar-refractivity contribution in [1.29, 1.82) is 0 Å². The minimum Gasteiger partial charge on any atom is -0.438 e. The van der Waals surface area contributed by atoms with Crippen molar-refractivity contribution in [2.75, 3.05) is 26.2 Å². The van der Waals surface area contributed by atoms with Gasteiger partial charge >= 0.3 is 0 Å². The molecule has 154 valence electrons. The van der Waals surface area contributed by atoms with E-state index in [9.17, 15) is 4.79 Å². The molecule has 30 heavy (non-hydrogen) atoms. The van der Waals surface area contributed by atoms with Crippen LogP contribution in [0.25, 0.3) is 0 Å². The lowest BCUT2D eigenvalue weighted by Gasteiger charge is -2.22. The quantitative estimate of drug-likeness (QED) is 0.589. The van der Waals surface area contributed by atoms with Gasteiger partial charge in [0.2, 0.25) is 5.88 Å². The molecule has 1 fully saturated rings. The van der Waals surface area contributed by atoms with Gasteiger partial charge in [-0.1, -0.05) is 41.9 Å². The Hall–Kier alpha value is -2.89. The molecule has 5 nitrogen and oxygen atoms in total. The van der Waals surface area contributed by atoms with Crippen LogP contribution in [0.3, 0.4) is 0 Å². The van der Waals surface area contributed by atoms with Crippen LogP contribution >= 0.6 is 11.6 Å². The predicted molar refractivity (Wildman–Crippen MR) is 118 cm³/mol. The van der Waals surface area contributed by atoms with Crippen LogP contribution in [0.4, 0.5) is 0 Å². The SMILES string of the molecule is O=C(c1cccnc1Oc1ccccc1)N1CCCN(Cc2ccc(Cl)cc2)CC1. The fourth-order valence-electron chi connectivity index (χ4n) is 3.59. The number of halogens is 1. The number of hydrogen-bond donors (Lipinski definition) is 0. The van der Waals surface area contributed by atoms with Crippen molar-refractivity contribution >= 4 is 17.5 Å². The first-order chi connectivity index (χ1) is 14.7. The highest BCUT2D eigenvalue weighted by atomic mass is 35.5. The Labute approximate surface area is 181 Å². The molecular formula is C24H24ClN3O2. The summed E-state index contributed by atoms with van der Waals surface area (Å²) in [5, 5.41) is 0.747. The molecule has 2 aromatic carbocycles. The van der Waals surface area contributed by atoms with Crippen LogP contribution in [-0.4, -0.2) is 46.9 Å². The fourth-order valence-corrected chi connectivity index (χ4v) is 3.71. The lowest BCUT2D eigenvalue weighted by molar-refractivity contribution is 0.0757. The molecule has 1 saturated heterocycles. The molecule has 0 bridgehead atoms. The van der Waals surface area contributed by atoms with Crippen LogP contribution in [-0.2, 0) is 6.54 Å². The first kappa shape index (κ1) is 20.4. The molecule has 2 heterocycles. The molecule has 0 atom stereocenters. The number of hydrogen-bond acceptors (Lipinski definition) is 4. The molecule has 4 rings (SSSR count). The van der Waals surface area contributed by atoms with E-state index in [1.54, 1.807) is 18.3 Å². The normalized spacial score (nSPS) is 14.9. The van der Waals surface area contributed by atoms with Gasteiger partial charge in [-0.3, -0.25) is 9.69 Å². The molecule has 0 saturated carbocycles. The third kappa shape index (κ3) is 5.17. The number of benzene rings is 2. The molecule has 0 spiro atoms. The molecule has 6 heteroatoms. The highest BCUT2D eigenvalue weighted by Crippen LogP contribution is 2.24. The van der Waals surface area contributed by atoms with Crippen molar-refractivity contribution in [1.82, 2.24) is 14.8 Å². The minimum absolute atomic E-state index is 0.0395. The molecule has 1 aliphatic heterocycles. The van der Waals surface area contributed by atoms with Crippen molar-refractivity contribution in [3.8, 4) is 11.6 Å². The second-order valence-corrected chi connectivity index (χ2v) is 7.76. The van der Waals surface area contributed by atoms with Gasteiger partial charge in [0.05, 0.1) is 0 Å². The number of carbonyl (C=O) groups is 1. The fraction of sp³-hybridized carbons (Fsp3) is 0.250. The number of aromatic nitrogens is 1. The van der Waals surface area contributed by atoms with E-state index in [2.05, 4.69) is 22.0 Å². The average Bonchev–Trinajstić information content (AvgIpc) is 3.02. The number of carbonyl (C=O) groups excluding carboxylic acids is 1. The van der Waals surface area contributed by atoms with Crippen molar-refractivity contribution in [3.63, 3.8) is 0 Å². The second kappa shape index (κ2) is 9.74. The molecule has 3 aromatic rings. The molecule has 1 amide bonds. The first-order valence-electron chi connectivity index (χ1n) is 10.1. The summed E-state index contributed by atoms with van der Waals surface area (Å²) in [4.78, 5) is 21.8. The average molecular weight is 422 g/mol. The topological polar surface area (TPSA) is 45.7 Å². The summed E-state index contributed by atoms with van der Waals surface area (Å²) >= 11 is 5.98. The van der Waals surface area contributed by atoms with Crippen LogP contribution in [0.5, 0.6) is 11.6 Å². The van der Waals surface area contributed by atoms with Crippen molar-refractivity contribution in [2.45, 2.75) is 13.0 Å². The summed E-state index contributed by atoms with van der Waals surface area (Å²) < 4.78 is 5.88. The first-order valence-corrected chi connectivity index (χ1v) is 10.5. The predicted octanol–water partition coefficient (Wildman–Crippen LogP) is 4.88. The van der Waals surface area contributed by atoms with E-state index in [1.165, 1.54) is 5.56 Å². The summed E-state index contributed by atoms with van der Waals surface area (Å²) in [6.07, 6.45) is 2.57. The Morgan fingerprint density at radius 1 is 0.933 bits per heavy atom. The van der Waals surface area contributed by atoms with Crippen molar-refractivity contribution < 1.29 is 9.53 Å². The molecule has 0 N–H and O–H groups in total. The van der Waals surface area contributed by atoms with E-state index in [0.29, 0.717) is 23.7 Å². The smallest absolute Gasteiger partial charge is 0.259 e. The monoisotopic (exact) mass is 421 g/mol. The summed E-state index contributed by atoms with van der Waals surface area (Å²) in [7, 11) is 0. The van der Waals surface area contributed by atoms with E-state index in [1.807, 2.05) is 47.4 Å². The number of nitrogens with zero attached hydrogens (tertiary/aromatic N) is 3. The number of para-hydroxylation sites is 1. The van der Waals surface area contributed by atoms with Gasteiger partial charge in [0.1, 0.15) is 11.3 Å². The van der Waals surface area contributed by atoms with E-state index < -0.39 is 0 Å². The second-order valence-electron chi connectivity index (χ2n) is 7.32. The van der Waals surface area contributed by atoms with Crippen LogP contribution in [0.2, 0.25) is 5.02 Å². The maximum atomic E-state index is 13.2. The molecule has 0 unspecified atom stereocenters. The zero-order valence-corrected chi connectivity index (χ0v) is 17.5. The Morgan fingerprint density at radius 2 is 1.73 bits per heavy atom. The van der Waals surface area contributed by atoms with Gasteiger partial charge in [0, 0.05) is 43.9 Å². The summed E-state index contributed by atoms with van der Waals surface area (Å²) in [6, 6.07) is 20.9. The zero-order chi connectivity index (χ0) is 20.8. The van der Waals surface area contributed by atoms with Gasteiger partial charge in [-0.25, -0.2) is 4.98 Å². The van der Waals surface area contributed by atoms with Crippen molar-refractivity contribution in [2.24, 2.45) is 0 Å². The van der Waals surface area contributed by atoms with Gasteiger partial charge < -0.3 is 9.64 Å². The van der Waals surface area contributed by atoms with Crippen LogP contribution in [0.15, 0.2) is 72.9 Å². The molecule has 1 aliphatic rings. The highest BCUT2D eigenvalue weighted by Gasteiger charge is 2.23. The summed E-state index contributed by atoms with van der Waals surface area (Å²) in [6.45, 7) is 4.02. The van der Waals surface area contributed by atoms with Crippen LogP contribution < -0.4 is 4.74 Å². The summed E-state index contributed by atoms with van der Waals surface area (Å²) in [5.74, 6) is 0.966. The third-order valence-corrected chi connectivity index (χ3v) is 5.41. The number of amides is 1. The molecular weight excluding hydrogens is 398 g/mol. The summed E-state index contributed by atoms with van der Waals surface area (Å²) in [5.41, 5.74) is 1.72. The standard InChI is InChI=1S/C24H24ClN3O2/c25-20-11-9-19(10-12-20)18-27-14-5-15-28(17-16-27)24(29)22-8-4-13-26-23(22)30-21-6-2-1-3-7-21/h1-4,6-13H,5,14-18H2.